The molecular formula is C25H34F3N3O3S. The summed E-state index contributed by atoms with van der Waals surface area (Å²) < 4.78 is 49.1. The average molecular weight is 514 g/mol. The van der Waals surface area contributed by atoms with E-state index in [0.717, 1.165) is 49.3 Å². The highest BCUT2D eigenvalue weighted by molar-refractivity contribution is 7.12. The number of likely N-dealkylation sites (tertiary alicyclic amines) is 1. The molecule has 1 saturated heterocycles. The van der Waals surface area contributed by atoms with Crippen molar-refractivity contribution in [3.8, 4) is 0 Å². The Labute approximate surface area is 207 Å². The van der Waals surface area contributed by atoms with Crippen molar-refractivity contribution in [2.45, 2.75) is 89.4 Å². The van der Waals surface area contributed by atoms with Gasteiger partial charge in [0, 0.05) is 54.5 Å². The van der Waals surface area contributed by atoms with E-state index in [1.807, 2.05) is 10.9 Å². The number of thiophene rings is 1. The Morgan fingerprint density at radius 2 is 2.06 bits per heavy atom. The van der Waals surface area contributed by atoms with Crippen LogP contribution in [-0.2, 0) is 42.6 Å². The molecule has 2 aliphatic heterocycles. The number of fused-ring (bicyclic) bond motifs is 2. The minimum atomic E-state index is -4.47. The first-order valence-corrected chi connectivity index (χ1v) is 13.3. The topological polar surface area (TPSA) is 70.8 Å². The Hall–Kier alpha value is -1.46. The van der Waals surface area contributed by atoms with Gasteiger partial charge in [-0.05, 0) is 56.4 Å². The number of alkyl halides is 3. The van der Waals surface area contributed by atoms with E-state index in [1.54, 1.807) is 0 Å². The summed E-state index contributed by atoms with van der Waals surface area (Å²) in [5.41, 5.74) is 1.15. The number of aromatic nitrogens is 2. The van der Waals surface area contributed by atoms with Crippen molar-refractivity contribution in [1.29, 1.82) is 0 Å². The van der Waals surface area contributed by atoms with Crippen LogP contribution in [0.1, 0.15) is 71.9 Å². The van der Waals surface area contributed by atoms with Crippen LogP contribution in [0.25, 0.3) is 0 Å². The van der Waals surface area contributed by atoms with E-state index in [4.69, 9.17) is 4.74 Å². The predicted octanol–water partition coefficient (Wildman–Crippen LogP) is 4.46. The summed E-state index contributed by atoms with van der Waals surface area (Å²) in [7, 11) is 0. The third kappa shape index (κ3) is 4.68. The first-order chi connectivity index (χ1) is 16.7. The number of ether oxygens (including phenoxy) is 1. The largest absolute Gasteiger partial charge is 0.425 e. The maximum Gasteiger partial charge on any atom is 0.425 e. The molecule has 35 heavy (non-hydrogen) atoms. The lowest BCUT2D eigenvalue weighted by molar-refractivity contribution is -0.135. The Bertz CT molecular complexity index is 1040. The van der Waals surface area contributed by atoms with Crippen molar-refractivity contribution >= 4 is 11.3 Å². The summed E-state index contributed by atoms with van der Waals surface area (Å²) >= 11 is 0.766. The minimum Gasteiger partial charge on any atom is -0.396 e. The lowest BCUT2D eigenvalue weighted by Gasteiger charge is -2.47. The molecule has 1 aliphatic carbocycles. The molecule has 2 N–H and O–H groups in total. The summed E-state index contributed by atoms with van der Waals surface area (Å²) in [5, 5.41) is 23.9. The zero-order valence-corrected chi connectivity index (χ0v) is 20.9. The van der Waals surface area contributed by atoms with Gasteiger partial charge in [0.2, 0.25) is 0 Å². The predicted molar refractivity (Wildman–Crippen MR) is 126 cm³/mol. The van der Waals surface area contributed by atoms with Crippen LogP contribution in [0.4, 0.5) is 13.2 Å². The Morgan fingerprint density at radius 3 is 2.69 bits per heavy atom. The molecule has 1 saturated carbocycles. The second kappa shape index (κ2) is 9.45. The maximum atomic E-state index is 13.7. The van der Waals surface area contributed by atoms with E-state index in [1.165, 1.54) is 6.42 Å². The maximum absolute atomic E-state index is 13.7. The van der Waals surface area contributed by atoms with E-state index in [0.29, 0.717) is 42.9 Å². The first kappa shape index (κ1) is 25.2. The van der Waals surface area contributed by atoms with Crippen LogP contribution in [0.15, 0.2) is 12.4 Å². The summed E-state index contributed by atoms with van der Waals surface area (Å²) in [6.45, 7) is 4.37. The van der Waals surface area contributed by atoms with Crippen molar-refractivity contribution in [2.24, 2.45) is 5.41 Å². The van der Waals surface area contributed by atoms with Crippen molar-refractivity contribution in [1.82, 2.24) is 14.7 Å². The number of aliphatic hydroxyl groups excluding tert-OH is 2. The molecule has 0 bridgehead atoms. The summed E-state index contributed by atoms with van der Waals surface area (Å²) in [5.74, 6) is 0. The Morgan fingerprint density at radius 1 is 1.26 bits per heavy atom. The molecule has 4 heterocycles. The Kier molecular flexibility index (Phi) is 6.80. The first-order valence-electron chi connectivity index (χ1n) is 12.5. The molecular weight excluding hydrogens is 479 g/mol. The lowest BCUT2D eigenvalue weighted by atomic mass is 9.67. The van der Waals surface area contributed by atoms with Gasteiger partial charge in [-0.15, -0.1) is 11.3 Å². The molecule has 2 aromatic rings. The van der Waals surface area contributed by atoms with E-state index in [-0.39, 0.29) is 23.6 Å². The number of hydrogen-bond acceptors (Lipinski definition) is 6. The molecule has 5 rings (SSSR count). The second-order valence-electron chi connectivity index (χ2n) is 10.6. The average Bonchev–Trinajstić information content (AvgIpc) is 3.40. The zero-order valence-electron chi connectivity index (χ0n) is 20.1. The van der Waals surface area contributed by atoms with Gasteiger partial charge in [0.25, 0.3) is 0 Å². The van der Waals surface area contributed by atoms with Gasteiger partial charge in [0.1, 0.15) is 10.5 Å². The van der Waals surface area contributed by atoms with Crippen molar-refractivity contribution in [3.63, 3.8) is 0 Å². The molecule has 0 aromatic carbocycles. The highest BCUT2D eigenvalue weighted by atomic mass is 32.1. The molecule has 0 unspecified atom stereocenters. The van der Waals surface area contributed by atoms with Crippen LogP contribution in [-0.4, -0.2) is 50.7 Å². The van der Waals surface area contributed by atoms with Gasteiger partial charge in [0.15, 0.2) is 0 Å². The van der Waals surface area contributed by atoms with Gasteiger partial charge in [-0.3, -0.25) is 9.58 Å². The fourth-order valence-corrected chi connectivity index (χ4v) is 7.54. The molecule has 0 radical (unpaired) electrons. The zero-order chi connectivity index (χ0) is 24.8. The van der Waals surface area contributed by atoms with Gasteiger partial charge in [-0.1, -0.05) is 6.42 Å². The number of rotatable bonds is 7. The number of aliphatic hydroxyl groups is 2. The molecule has 1 spiro atoms. The van der Waals surface area contributed by atoms with E-state index < -0.39 is 23.3 Å². The van der Waals surface area contributed by atoms with E-state index >= 15 is 0 Å². The number of hydrogen-bond donors (Lipinski definition) is 2. The number of nitrogens with zero attached hydrogens (tertiary/aromatic N) is 3. The monoisotopic (exact) mass is 513 g/mol. The second-order valence-corrected chi connectivity index (χ2v) is 11.6. The fourth-order valence-electron chi connectivity index (χ4n) is 6.13. The molecule has 0 amide bonds. The Balaban J connectivity index is 1.26. The number of halogens is 3. The van der Waals surface area contributed by atoms with Gasteiger partial charge >= 0.3 is 6.18 Å². The van der Waals surface area contributed by atoms with E-state index in [9.17, 15) is 23.4 Å². The summed E-state index contributed by atoms with van der Waals surface area (Å²) in [6.07, 6.45) is 5.44. The normalized spacial score (nSPS) is 26.6. The van der Waals surface area contributed by atoms with Crippen molar-refractivity contribution < 1.29 is 28.1 Å². The highest BCUT2D eigenvalue weighted by Gasteiger charge is 2.48. The van der Waals surface area contributed by atoms with Crippen molar-refractivity contribution in [3.05, 3.63) is 38.8 Å². The smallest absolute Gasteiger partial charge is 0.396 e. The highest BCUT2D eigenvalue weighted by Crippen LogP contribution is 2.51. The van der Waals surface area contributed by atoms with Gasteiger partial charge < -0.3 is 14.9 Å². The summed E-state index contributed by atoms with van der Waals surface area (Å²) in [4.78, 5) is 2.33. The van der Waals surface area contributed by atoms with Crippen molar-refractivity contribution in [2.75, 3.05) is 19.8 Å². The molecule has 2 atom stereocenters. The van der Waals surface area contributed by atoms with Crippen LogP contribution in [0, 0.1) is 5.41 Å². The standard InChI is InChI=1S/C25H34F3N3O3S/c1-17-11-24(21-19(3-10-34-24)20(15-32)22(35-21)25(26,27)28)7-8-30(17)13-18-12-29-31(14-18)9-6-23(16-33)4-2-5-23/h12,14,17,32-33H,2-11,13,15-16H2,1H3/t17-,24+/m0/s1. The van der Waals surface area contributed by atoms with Crippen LogP contribution < -0.4 is 0 Å². The lowest BCUT2D eigenvalue weighted by Crippen LogP contribution is -2.50. The van der Waals surface area contributed by atoms with Crippen LogP contribution in [0.5, 0.6) is 0 Å². The molecule has 10 heteroatoms. The SMILES string of the molecule is C[C@H]1C[C@@]2(CCN1Cc1cnn(CCC3(CO)CCC3)c1)OCCc1c2sc(C(F)(F)F)c1CO. The third-order valence-electron chi connectivity index (χ3n) is 8.42. The molecule has 194 valence electrons. The fraction of sp³-hybridized carbons (Fsp3) is 0.720. The molecule has 2 fully saturated rings. The quantitative estimate of drug-likeness (QED) is 0.572. The molecule has 2 aromatic heterocycles. The third-order valence-corrected chi connectivity index (χ3v) is 9.93. The summed E-state index contributed by atoms with van der Waals surface area (Å²) in [6, 6.07) is 0.125. The molecule has 6 nitrogen and oxygen atoms in total. The van der Waals surface area contributed by atoms with Crippen LogP contribution >= 0.6 is 11.3 Å². The number of piperidine rings is 1. The molecule has 3 aliphatic rings. The van der Waals surface area contributed by atoms with Crippen LogP contribution in [0.2, 0.25) is 0 Å². The minimum absolute atomic E-state index is 0.0348. The van der Waals surface area contributed by atoms with Gasteiger partial charge in [-0.2, -0.15) is 18.3 Å². The van der Waals surface area contributed by atoms with Crippen LogP contribution in [0.3, 0.4) is 0 Å². The van der Waals surface area contributed by atoms with E-state index in [2.05, 4.69) is 23.1 Å². The van der Waals surface area contributed by atoms with Gasteiger partial charge in [-0.25, -0.2) is 0 Å². The number of aryl methyl sites for hydroxylation is 1. The van der Waals surface area contributed by atoms with Gasteiger partial charge in [0.05, 0.1) is 19.4 Å².